The minimum absolute atomic E-state index is 0.0718. The maximum Gasteiger partial charge on any atom is 0.242 e. The van der Waals surface area contributed by atoms with Gasteiger partial charge >= 0.3 is 0 Å². The monoisotopic (exact) mass is 490 g/mol. The molecule has 2 amide bonds. The van der Waals surface area contributed by atoms with E-state index in [2.05, 4.69) is 21.2 Å². The summed E-state index contributed by atoms with van der Waals surface area (Å²) in [4.78, 5) is 27.2. The van der Waals surface area contributed by atoms with Crippen LogP contribution in [0.25, 0.3) is 0 Å². The summed E-state index contributed by atoms with van der Waals surface area (Å²) in [6.07, 6.45) is 1.71. The van der Waals surface area contributed by atoms with Crippen molar-refractivity contribution in [3.63, 3.8) is 0 Å². The van der Waals surface area contributed by atoms with Gasteiger partial charge < -0.3 is 19.7 Å². The molecule has 0 radical (unpaired) electrons. The van der Waals surface area contributed by atoms with Crippen molar-refractivity contribution in [2.75, 3.05) is 20.3 Å². The van der Waals surface area contributed by atoms with Gasteiger partial charge in [0.15, 0.2) is 0 Å². The molecule has 0 heterocycles. The lowest BCUT2D eigenvalue weighted by Crippen LogP contribution is -2.47. The van der Waals surface area contributed by atoms with E-state index in [1.807, 2.05) is 55.5 Å². The van der Waals surface area contributed by atoms with Crippen molar-refractivity contribution in [1.82, 2.24) is 10.2 Å². The first-order valence-electron chi connectivity index (χ1n) is 10.5. The second-order valence-electron chi connectivity index (χ2n) is 7.25. The van der Waals surface area contributed by atoms with Gasteiger partial charge in [-0.1, -0.05) is 35.0 Å². The number of hydrogen-bond acceptors (Lipinski definition) is 4. The van der Waals surface area contributed by atoms with Gasteiger partial charge in [0, 0.05) is 24.0 Å². The Morgan fingerprint density at radius 1 is 1.13 bits per heavy atom. The Labute approximate surface area is 193 Å². The van der Waals surface area contributed by atoms with Crippen LogP contribution in [0.5, 0.6) is 11.5 Å². The molecule has 0 aromatic heterocycles. The van der Waals surface area contributed by atoms with Crippen LogP contribution in [0, 0.1) is 0 Å². The van der Waals surface area contributed by atoms with Gasteiger partial charge in [-0.3, -0.25) is 9.59 Å². The molecular weight excluding hydrogens is 460 g/mol. The maximum atomic E-state index is 13.0. The van der Waals surface area contributed by atoms with Gasteiger partial charge in [-0.25, -0.2) is 0 Å². The molecule has 7 heteroatoms. The van der Waals surface area contributed by atoms with Crippen molar-refractivity contribution < 1.29 is 19.1 Å². The zero-order valence-corrected chi connectivity index (χ0v) is 20.0. The summed E-state index contributed by atoms with van der Waals surface area (Å²) in [5, 5.41) is 2.89. The molecular formula is C24H31BrN2O4. The Hall–Kier alpha value is -2.54. The number of hydrogen-bond donors (Lipinski definition) is 1. The number of rotatable bonds is 12. The minimum atomic E-state index is -0.555. The van der Waals surface area contributed by atoms with E-state index in [9.17, 15) is 9.59 Å². The number of ether oxygens (including phenoxy) is 2. The van der Waals surface area contributed by atoms with Crippen LogP contribution in [0.2, 0.25) is 0 Å². The van der Waals surface area contributed by atoms with Crippen molar-refractivity contribution in [3.05, 3.63) is 58.6 Å². The summed E-state index contributed by atoms with van der Waals surface area (Å²) >= 11 is 3.46. The molecule has 1 atom stereocenters. The smallest absolute Gasteiger partial charge is 0.242 e. The van der Waals surface area contributed by atoms with Crippen LogP contribution in [0.1, 0.15) is 38.7 Å². The van der Waals surface area contributed by atoms with Gasteiger partial charge in [-0.2, -0.15) is 0 Å². The third kappa shape index (κ3) is 8.25. The molecule has 1 N–H and O–H groups in total. The Bertz CT molecular complexity index is 842. The predicted octanol–water partition coefficient (Wildman–Crippen LogP) is 4.56. The largest absolute Gasteiger partial charge is 0.497 e. The van der Waals surface area contributed by atoms with E-state index in [0.717, 1.165) is 28.0 Å². The zero-order chi connectivity index (χ0) is 22.6. The van der Waals surface area contributed by atoms with E-state index < -0.39 is 6.04 Å². The zero-order valence-electron chi connectivity index (χ0n) is 18.4. The Kier molecular flexibility index (Phi) is 10.4. The number of benzene rings is 2. The van der Waals surface area contributed by atoms with Crippen LogP contribution in [0.3, 0.4) is 0 Å². The van der Waals surface area contributed by atoms with Gasteiger partial charge in [-0.05, 0) is 61.7 Å². The fourth-order valence-electron chi connectivity index (χ4n) is 3.04. The van der Waals surface area contributed by atoms with Crippen molar-refractivity contribution >= 4 is 27.7 Å². The standard InChI is InChI=1S/C24H31BrN2O4/c1-4-14-26-24(29)18(2)27(17-19-7-5-8-20(25)16-19)23(28)9-6-15-31-22-12-10-21(30-3)11-13-22/h5,7-8,10-13,16,18H,4,6,9,14-15,17H2,1-3H3,(H,26,29). The van der Waals surface area contributed by atoms with Crippen LogP contribution < -0.4 is 14.8 Å². The topological polar surface area (TPSA) is 67.9 Å². The quantitative estimate of drug-likeness (QED) is 0.442. The molecule has 2 aromatic rings. The third-order valence-corrected chi connectivity index (χ3v) is 5.31. The second-order valence-corrected chi connectivity index (χ2v) is 8.16. The van der Waals surface area contributed by atoms with E-state index in [0.29, 0.717) is 32.5 Å². The summed E-state index contributed by atoms with van der Waals surface area (Å²) in [6, 6.07) is 14.5. The van der Waals surface area contributed by atoms with Crippen molar-refractivity contribution in [2.24, 2.45) is 0 Å². The first-order valence-corrected chi connectivity index (χ1v) is 11.3. The number of amides is 2. The number of nitrogens with zero attached hydrogens (tertiary/aromatic N) is 1. The number of halogens is 1. The molecule has 0 aliphatic carbocycles. The molecule has 31 heavy (non-hydrogen) atoms. The Morgan fingerprint density at radius 3 is 2.48 bits per heavy atom. The fraction of sp³-hybridized carbons (Fsp3) is 0.417. The molecule has 2 aromatic carbocycles. The lowest BCUT2D eigenvalue weighted by molar-refractivity contribution is -0.140. The summed E-state index contributed by atoms with van der Waals surface area (Å²) in [7, 11) is 1.62. The predicted molar refractivity (Wildman–Crippen MR) is 125 cm³/mol. The summed E-state index contributed by atoms with van der Waals surface area (Å²) in [6.45, 7) is 5.15. The molecule has 0 saturated heterocycles. The van der Waals surface area contributed by atoms with Crippen molar-refractivity contribution in [2.45, 2.75) is 45.7 Å². The Morgan fingerprint density at radius 2 is 1.84 bits per heavy atom. The molecule has 1 unspecified atom stereocenters. The molecule has 0 aliphatic rings. The average molecular weight is 491 g/mol. The van der Waals surface area contributed by atoms with E-state index >= 15 is 0 Å². The van der Waals surface area contributed by atoms with E-state index in [1.54, 1.807) is 18.9 Å². The maximum absolute atomic E-state index is 13.0. The molecule has 0 fully saturated rings. The molecule has 6 nitrogen and oxygen atoms in total. The van der Waals surface area contributed by atoms with E-state index in [-0.39, 0.29) is 11.8 Å². The number of carbonyl (C=O) groups excluding carboxylic acids is 2. The van der Waals surface area contributed by atoms with Crippen LogP contribution in [0.4, 0.5) is 0 Å². The molecule has 0 aliphatic heterocycles. The highest BCUT2D eigenvalue weighted by Gasteiger charge is 2.25. The van der Waals surface area contributed by atoms with Crippen LogP contribution in [0.15, 0.2) is 53.0 Å². The highest BCUT2D eigenvalue weighted by Crippen LogP contribution is 2.18. The van der Waals surface area contributed by atoms with Crippen LogP contribution in [-0.2, 0) is 16.1 Å². The average Bonchev–Trinajstić information content (AvgIpc) is 2.78. The fourth-order valence-corrected chi connectivity index (χ4v) is 3.49. The third-order valence-electron chi connectivity index (χ3n) is 4.82. The van der Waals surface area contributed by atoms with Gasteiger partial charge in [0.25, 0.3) is 0 Å². The number of carbonyl (C=O) groups is 2. The van der Waals surface area contributed by atoms with Gasteiger partial charge in [0.05, 0.1) is 13.7 Å². The highest BCUT2D eigenvalue weighted by atomic mass is 79.9. The SMILES string of the molecule is CCCNC(=O)C(C)N(Cc1cccc(Br)c1)C(=O)CCCOc1ccc(OC)cc1. The molecule has 0 spiro atoms. The van der Waals surface area contributed by atoms with E-state index in [1.165, 1.54) is 0 Å². The normalized spacial score (nSPS) is 11.5. The van der Waals surface area contributed by atoms with Crippen LogP contribution >= 0.6 is 15.9 Å². The van der Waals surface area contributed by atoms with Gasteiger partial charge in [0.1, 0.15) is 17.5 Å². The molecule has 0 bridgehead atoms. The van der Waals surface area contributed by atoms with Gasteiger partial charge in [0.2, 0.25) is 11.8 Å². The number of nitrogens with one attached hydrogen (secondary N) is 1. The minimum Gasteiger partial charge on any atom is -0.497 e. The van der Waals surface area contributed by atoms with E-state index in [4.69, 9.17) is 9.47 Å². The lowest BCUT2D eigenvalue weighted by atomic mass is 10.1. The highest BCUT2D eigenvalue weighted by molar-refractivity contribution is 9.10. The summed E-state index contributed by atoms with van der Waals surface area (Å²) in [5.74, 6) is 1.28. The first-order chi connectivity index (χ1) is 14.9. The van der Waals surface area contributed by atoms with Gasteiger partial charge in [-0.15, -0.1) is 0 Å². The first kappa shape index (κ1) is 24.7. The molecule has 2 rings (SSSR count). The second kappa shape index (κ2) is 13.0. The molecule has 168 valence electrons. The number of methoxy groups -OCH3 is 1. The summed E-state index contributed by atoms with van der Waals surface area (Å²) < 4.78 is 11.8. The Balaban J connectivity index is 1.96. The van der Waals surface area contributed by atoms with Crippen molar-refractivity contribution in [3.8, 4) is 11.5 Å². The summed E-state index contributed by atoms with van der Waals surface area (Å²) in [5.41, 5.74) is 0.965. The molecule has 0 saturated carbocycles. The lowest BCUT2D eigenvalue weighted by Gasteiger charge is -2.29. The van der Waals surface area contributed by atoms with Crippen molar-refractivity contribution in [1.29, 1.82) is 0 Å². The van der Waals surface area contributed by atoms with Crippen LogP contribution in [-0.4, -0.2) is 43.0 Å².